The molecule has 0 aliphatic heterocycles. The molecule has 0 saturated heterocycles. The lowest BCUT2D eigenvalue weighted by molar-refractivity contribution is 0.185. The monoisotopic (exact) mass is 288 g/mol. The first-order chi connectivity index (χ1) is 7.60. The van der Waals surface area contributed by atoms with Gasteiger partial charge in [-0.2, -0.15) is 0 Å². The van der Waals surface area contributed by atoms with Crippen molar-refractivity contribution >= 4 is 15.9 Å². The third kappa shape index (κ3) is 3.12. The molecule has 90 valence electrons. The number of aryl methyl sites for hydroxylation is 1. The first-order valence-corrected chi connectivity index (χ1v) is 5.96. The molecule has 0 saturated carbocycles. The number of hydrogen-bond acceptors (Lipinski definition) is 3. The van der Waals surface area contributed by atoms with Gasteiger partial charge >= 0.3 is 0 Å². The summed E-state index contributed by atoms with van der Waals surface area (Å²) in [6.45, 7) is 1.79. The molecule has 4 heteroatoms. The number of halogens is 1. The highest BCUT2D eigenvalue weighted by atomic mass is 79.9. The molecule has 3 nitrogen and oxygen atoms in total. The van der Waals surface area contributed by atoms with Crippen molar-refractivity contribution in [1.82, 2.24) is 0 Å². The summed E-state index contributed by atoms with van der Waals surface area (Å²) in [5, 5.41) is 9.26. The molecule has 1 rings (SSSR count). The summed E-state index contributed by atoms with van der Waals surface area (Å²) >= 11 is 3.50. The number of benzene rings is 1. The minimum Gasteiger partial charge on any atom is -0.493 e. The van der Waals surface area contributed by atoms with E-state index in [1.165, 1.54) is 0 Å². The predicted molar refractivity (Wildman–Crippen MR) is 67.2 cm³/mol. The van der Waals surface area contributed by atoms with E-state index < -0.39 is 0 Å². The summed E-state index contributed by atoms with van der Waals surface area (Å²) in [7, 11) is 3.22. The van der Waals surface area contributed by atoms with Gasteiger partial charge in [-0.25, -0.2) is 0 Å². The van der Waals surface area contributed by atoms with Crippen molar-refractivity contribution in [2.75, 3.05) is 14.2 Å². The van der Waals surface area contributed by atoms with Crippen molar-refractivity contribution < 1.29 is 14.6 Å². The number of aliphatic hydroxyl groups is 1. The van der Waals surface area contributed by atoms with Gasteiger partial charge in [0.15, 0.2) is 11.5 Å². The third-order valence-corrected chi connectivity index (χ3v) is 3.27. The number of aliphatic hydroxyl groups excluding tert-OH is 1. The molecule has 0 radical (unpaired) electrons. The summed E-state index contributed by atoms with van der Waals surface area (Å²) in [4.78, 5) is 0. The molecule has 1 N–H and O–H groups in total. The summed E-state index contributed by atoms with van der Waals surface area (Å²) in [5.74, 6) is 1.40. The molecule has 0 aliphatic rings. The highest BCUT2D eigenvalue weighted by Crippen LogP contribution is 2.37. The second kappa shape index (κ2) is 6.11. The summed E-state index contributed by atoms with van der Waals surface area (Å²) in [5.41, 5.74) is 1.11. The van der Waals surface area contributed by atoms with Crippen molar-refractivity contribution in [3.63, 3.8) is 0 Å². The molecule has 0 spiro atoms. The molecule has 1 aromatic carbocycles. The number of ether oxygens (including phenoxy) is 2. The second-order valence-electron chi connectivity index (χ2n) is 3.66. The third-order valence-electron chi connectivity index (χ3n) is 2.40. The van der Waals surface area contributed by atoms with Crippen LogP contribution in [-0.4, -0.2) is 25.4 Å². The molecule has 0 fully saturated rings. The zero-order valence-corrected chi connectivity index (χ0v) is 11.4. The van der Waals surface area contributed by atoms with Crippen LogP contribution in [0.4, 0.5) is 0 Å². The first kappa shape index (κ1) is 13.3. The number of hydrogen-bond donors (Lipinski definition) is 1. The van der Waals surface area contributed by atoms with E-state index in [1.54, 1.807) is 21.1 Å². The summed E-state index contributed by atoms with van der Waals surface area (Å²) in [6.07, 6.45) is 1.24. The van der Waals surface area contributed by atoms with Gasteiger partial charge in [0.2, 0.25) is 0 Å². The maximum absolute atomic E-state index is 9.26. The van der Waals surface area contributed by atoms with Gasteiger partial charge in [-0.1, -0.05) is 6.07 Å². The highest BCUT2D eigenvalue weighted by molar-refractivity contribution is 9.10. The Bertz CT molecular complexity index is 350. The van der Waals surface area contributed by atoms with Crippen LogP contribution in [0.3, 0.4) is 0 Å². The zero-order chi connectivity index (χ0) is 12.1. The number of rotatable bonds is 5. The van der Waals surface area contributed by atoms with E-state index in [0.717, 1.165) is 22.9 Å². The van der Waals surface area contributed by atoms with Gasteiger partial charge in [0.25, 0.3) is 0 Å². The Balaban J connectivity index is 2.95. The predicted octanol–water partition coefficient (Wildman–Crippen LogP) is 2.78. The molecule has 16 heavy (non-hydrogen) atoms. The van der Waals surface area contributed by atoms with E-state index in [4.69, 9.17) is 9.47 Å². The van der Waals surface area contributed by atoms with Crippen molar-refractivity contribution in [3.8, 4) is 11.5 Å². The van der Waals surface area contributed by atoms with Crippen LogP contribution in [0.15, 0.2) is 16.6 Å². The SMILES string of the molecule is COc1ccc(CC[C@@H](C)O)c(Br)c1OC. The Morgan fingerprint density at radius 2 is 2.00 bits per heavy atom. The van der Waals surface area contributed by atoms with Crippen LogP contribution in [0.5, 0.6) is 11.5 Å². The minimum absolute atomic E-state index is 0.292. The lowest BCUT2D eigenvalue weighted by Gasteiger charge is -2.13. The fraction of sp³-hybridized carbons (Fsp3) is 0.500. The lowest BCUT2D eigenvalue weighted by atomic mass is 10.1. The smallest absolute Gasteiger partial charge is 0.175 e. The van der Waals surface area contributed by atoms with E-state index in [2.05, 4.69) is 15.9 Å². The Morgan fingerprint density at radius 3 is 2.50 bits per heavy atom. The second-order valence-corrected chi connectivity index (χ2v) is 4.45. The van der Waals surface area contributed by atoms with Crippen molar-refractivity contribution in [2.24, 2.45) is 0 Å². The van der Waals surface area contributed by atoms with Gasteiger partial charge in [0, 0.05) is 0 Å². The van der Waals surface area contributed by atoms with Crippen molar-refractivity contribution in [1.29, 1.82) is 0 Å². The Hall–Kier alpha value is -0.740. The average molecular weight is 289 g/mol. The molecule has 0 heterocycles. The average Bonchev–Trinajstić information content (AvgIpc) is 2.26. The molecule has 1 atom stereocenters. The van der Waals surface area contributed by atoms with Crippen LogP contribution in [0.1, 0.15) is 18.9 Å². The van der Waals surface area contributed by atoms with Gasteiger partial charge in [0.1, 0.15) is 0 Å². The fourth-order valence-electron chi connectivity index (χ4n) is 1.49. The topological polar surface area (TPSA) is 38.7 Å². The lowest BCUT2D eigenvalue weighted by Crippen LogP contribution is -2.02. The maximum atomic E-state index is 9.26. The van der Waals surface area contributed by atoms with Crippen LogP contribution in [0.2, 0.25) is 0 Å². The quantitative estimate of drug-likeness (QED) is 0.906. The van der Waals surface area contributed by atoms with Gasteiger partial charge in [-0.3, -0.25) is 0 Å². The minimum atomic E-state index is -0.292. The van der Waals surface area contributed by atoms with Crippen molar-refractivity contribution in [2.45, 2.75) is 25.9 Å². The number of methoxy groups -OCH3 is 2. The Kier molecular flexibility index (Phi) is 5.09. The Morgan fingerprint density at radius 1 is 1.31 bits per heavy atom. The van der Waals surface area contributed by atoms with Gasteiger partial charge < -0.3 is 14.6 Å². The molecule has 1 aromatic rings. The fourth-order valence-corrected chi connectivity index (χ4v) is 2.18. The molecule has 0 unspecified atom stereocenters. The van der Waals surface area contributed by atoms with Crippen LogP contribution in [0.25, 0.3) is 0 Å². The van der Waals surface area contributed by atoms with Crippen LogP contribution >= 0.6 is 15.9 Å². The van der Waals surface area contributed by atoms with Crippen molar-refractivity contribution in [3.05, 3.63) is 22.2 Å². The van der Waals surface area contributed by atoms with Gasteiger partial charge in [-0.05, 0) is 47.3 Å². The molecule has 0 aliphatic carbocycles. The normalized spacial score (nSPS) is 12.3. The maximum Gasteiger partial charge on any atom is 0.175 e. The zero-order valence-electron chi connectivity index (χ0n) is 9.79. The van der Waals surface area contributed by atoms with E-state index in [1.807, 2.05) is 12.1 Å². The van der Waals surface area contributed by atoms with E-state index in [9.17, 15) is 5.11 Å². The highest BCUT2D eigenvalue weighted by Gasteiger charge is 2.12. The van der Waals surface area contributed by atoms with Crippen LogP contribution in [-0.2, 0) is 6.42 Å². The molecule has 0 amide bonds. The first-order valence-electron chi connectivity index (χ1n) is 5.17. The summed E-state index contributed by atoms with van der Waals surface area (Å²) < 4.78 is 11.4. The molecule has 0 bridgehead atoms. The van der Waals surface area contributed by atoms with E-state index in [0.29, 0.717) is 11.5 Å². The van der Waals surface area contributed by atoms with Gasteiger partial charge in [0.05, 0.1) is 24.8 Å². The Labute approximate surface area is 105 Å². The van der Waals surface area contributed by atoms with E-state index >= 15 is 0 Å². The van der Waals surface area contributed by atoms with E-state index in [-0.39, 0.29) is 6.10 Å². The molecule has 0 aromatic heterocycles. The van der Waals surface area contributed by atoms with Gasteiger partial charge in [-0.15, -0.1) is 0 Å². The molecular formula is C12H17BrO3. The van der Waals surface area contributed by atoms with Crippen LogP contribution in [0, 0.1) is 0 Å². The standard InChI is InChI=1S/C12H17BrO3/c1-8(14)4-5-9-6-7-10(15-2)12(16-3)11(9)13/h6-8,14H,4-5H2,1-3H3/t8-/m1/s1. The largest absolute Gasteiger partial charge is 0.493 e. The summed E-state index contributed by atoms with van der Waals surface area (Å²) in [6, 6.07) is 3.86. The molecular weight excluding hydrogens is 272 g/mol. The van der Waals surface area contributed by atoms with Crippen LogP contribution < -0.4 is 9.47 Å².